The Labute approximate surface area is 202 Å². The van der Waals surface area contributed by atoms with Gasteiger partial charge in [-0.25, -0.2) is 4.98 Å². The average molecular weight is 526 g/mol. The second kappa shape index (κ2) is 9.85. The van der Waals surface area contributed by atoms with Crippen LogP contribution in [0.3, 0.4) is 0 Å². The predicted octanol–water partition coefficient (Wildman–Crippen LogP) is 6.66. The molecule has 1 heterocycles. The first-order chi connectivity index (χ1) is 15.4. The Morgan fingerprint density at radius 2 is 1.84 bits per heavy atom. The second-order valence-corrected chi connectivity index (χ2v) is 10.4. The van der Waals surface area contributed by atoms with Crippen LogP contribution < -0.4 is 10.6 Å². The maximum atomic E-state index is 12.5. The van der Waals surface area contributed by atoms with Crippen LogP contribution in [0.25, 0.3) is 10.2 Å². The molecule has 1 aromatic heterocycles. The third-order valence-corrected chi connectivity index (χ3v) is 7.58. The zero-order chi connectivity index (χ0) is 22.7. The number of thioether (sulfide) groups is 1. The molecule has 0 spiro atoms. The molecule has 0 atom stereocenters. The van der Waals surface area contributed by atoms with Gasteiger partial charge in [0.2, 0.25) is 5.91 Å². The van der Waals surface area contributed by atoms with Gasteiger partial charge in [0.15, 0.2) is 4.34 Å². The highest BCUT2D eigenvalue weighted by Crippen LogP contribution is 2.31. The number of thiazole rings is 1. The Bertz CT molecular complexity index is 1320. The summed E-state index contributed by atoms with van der Waals surface area (Å²) in [7, 11) is 0. The van der Waals surface area contributed by atoms with Gasteiger partial charge in [-0.1, -0.05) is 41.6 Å². The first-order valence-corrected chi connectivity index (χ1v) is 12.4. The number of halogens is 1. The molecule has 3 aromatic carbocycles. The number of nitrogens with zero attached hydrogens (tertiary/aromatic N) is 1. The molecule has 0 aliphatic carbocycles. The van der Waals surface area contributed by atoms with Crippen molar-refractivity contribution in [1.29, 1.82) is 0 Å². The van der Waals surface area contributed by atoms with Crippen LogP contribution in [-0.2, 0) is 4.79 Å². The predicted molar refractivity (Wildman–Crippen MR) is 137 cm³/mol. The molecule has 162 valence electrons. The summed E-state index contributed by atoms with van der Waals surface area (Å²) in [5.74, 6) is 0.0280. The first kappa shape index (κ1) is 22.5. The minimum Gasteiger partial charge on any atom is -0.325 e. The average Bonchev–Trinajstić information content (AvgIpc) is 3.17. The van der Waals surface area contributed by atoms with Gasteiger partial charge in [-0.2, -0.15) is 0 Å². The van der Waals surface area contributed by atoms with Gasteiger partial charge in [0.05, 0.1) is 21.5 Å². The lowest BCUT2D eigenvalue weighted by Gasteiger charge is -2.08. The summed E-state index contributed by atoms with van der Waals surface area (Å²) in [5.41, 5.74) is 5.15. The molecule has 0 fully saturated rings. The van der Waals surface area contributed by atoms with Crippen molar-refractivity contribution >= 4 is 72.4 Å². The number of amides is 2. The van der Waals surface area contributed by atoms with Crippen molar-refractivity contribution in [3.05, 3.63) is 81.8 Å². The lowest BCUT2D eigenvalue weighted by Crippen LogP contribution is -2.14. The van der Waals surface area contributed by atoms with E-state index >= 15 is 0 Å². The third kappa shape index (κ3) is 5.38. The van der Waals surface area contributed by atoms with Crippen molar-refractivity contribution in [3.63, 3.8) is 0 Å². The Kier molecular flexibility index (Phi) is 6.93. The third-order valence-electron chi connectivity index (χ3n) is 4.73. The minimum atomic E-state index is -0.181. The van der Waals surface area contributed by atoms with Crippen LogP contribution in [0.5, 0.6) is 0 Å². The van der Waals surface area contributed by atoms with E-state index in [1.165, 1.54) is 23.1 Å². The van der Waals surface area contributed by atoms with Crippen LogP contribution in [0.1, 0.15) is 21.5 Å². The van der Waals surface area contributed by atoms with Crippen LogP contribution in [0.15, 0.2) is 69.5 Å². The van der Waals surface area contributed by atoms with Gasteiger partial charge < -0.3 is 10.6 Å². The van der Waals surface area contributed by atoms with Crippen molar-refractivity contribution in [3.8, 4) is 0 Å². The number of fused-ring (bicyclic) bond motifs is 1. The molecule has 0 unspecified atom stereocenters. The molecule has 0 radical (unpaired) electrons. The van der Waals surface area contributed by atoms with E-state index in [9.17, 15) is 9.59 Å². The molecular formula is C24H20BrN3O2S2. The number of anilines is 2. The number of hydrogen-bond acceptors (Lipinski definition) is 5. The lowest BCUT2D eigenvalue weighted by molar-refractivity contribution is -0.113. The molecule has 2 N–H and O–H groups in total. The van der Waals surface area contributed by atoms with Crippen molar-refractivity contribution in [2.75, 3.05) is 16.4 Å². The Hall–Kier alpha value is -2.68. The molecule has 4 aromatic rings. The fraction of sp³-hybridized carbons (Fsp3) is 0.125. The van der Waals surface area contributed by atoms with Crippen LogP contribution >= 0.6 is 39.0 Å². The lowest BCUT2D eigenvalue weighted by atomic mass is 10.1. The summed E-state index contributed by atoms with van der Waals surface area (Å²) >= 11 is 6.31. The maximum Gasteiger partial charge on any atom is 0.256 e. The minimum absolute atomic E-state index is 0.0670. The van der Waals surface area contributed by atoms with Crippen molar-refractivity contribution in [2.45, 2.75) is 18.2 Å². The van der Waals surface area contributed by atoms with Crippen LogP contribution in [0.4, 0.5) is 11.4 Å². The van der Waals surface area contributed by atoms with Crippen molar-refractivity contribution in [2.24, 2.45) is 0 Å². The Morgan fingerprint density at radius 3 is 2.62 bits per heavy atom. The number of carbonyl (C=O) groups is 2. The molecule has 0 saturated carbocycles. The van der Waals surface area contributed by atoms with E-state index in [-0.39, 0.29) is 17.6 Å². The highest BCUT2D eigenvalue weighted by molar-refractivity contribution is 9.10. The zero-order valence-electron chi connectivity index (χ0n) is 17.4. The number of carbonyl (C=O) groups excluding carboxylic acids is 2. The van der Waals surface area contributed by atoms with E-state index in [4.69, 9.17) is 0 Å². The molecule has 8 heteroatoms. The Morgan fingerprint density at radius 1 is 1.03 bits per heavy atom. The number of benzene rings is 3. The first-order valence-electron chi connectivity index (χ1n) is 9.85. The zero-order valence-corrected chi connectivity index (χ0v) is 20.7. The summed E-state index contributed by atoms with van der Waals surface area (Å²) in [5, 5.41) is 5.88. The van der Waals surface area contributed by atoms with Gasteiger partial charge in [-0.15, -0.1) is 11.3 Å². The van der Waals surface area contributed by atoms with Gasteiger partial charge >= 0.3 is 0 Å². The Balaban J connectivity index is 1.40. The van der Waals surface area contributed by atoms with E-state index in [0.717, 1.165) is 35.8 Å². The smallest absolute Gasteiger partial charge is 0.256 e. The second-order valence-electron chi connectivity index (χ2n) is 7.25. The summed E-state index contributed by atoms with van der Waals surface area (Å²) in [4.78, 5) is 29.5. The summed E-state index contributed by atoms with van der Waals surface area (Å²) in [6, 6.07) is 18.9. The van der Waals surface area contributed by atoms with Crippen molar-refractivity contribution in [1.82, 2.24) is 4.98 Å². The number of rotatable bonds is 6. The monoisotopic (exact) mass is 525 g/mol. The summed E-state index contributed by atoms with van der Waals surface area (Å²) < 4.78 is 2.51. The van der Waals surface area contributed by atoms with Gasteiger partial charge in [-0.05, 0) is 71.7 Å². The van der Waals surface area contributed by atoms with E-state index < -0.39 is 0 Å². The molecule has 0 saturated heterocycles. The van der Waals surface area contributed by atoms with Gasteiger partial charge in [0.25, 0.3) is 5.91 Å². The van der Waals surface area contributed by atoms with Gasteiger partial charge in [0.1, 0.15) is 0 Å². The van der Waals surface area contributed by atoms with E-state index in [0.29, 0.717) is 11.3 Å². The van der Waals surface area contributed by atoms with E-state index in [1.54, 1.807) is 6.07 Å². The number of aryl methyl sites for hydroxylation is 2. The molecule has 4 rings (SSSR count). The largest absolute Gasteiger partial charge is 0.325 e. The molecule has 5 nitrogen and oxygen atoms in total. The summed E-state index contributed by atoms with van der Waals surface area (Å²) in [6.07, 6.45) is 0. The number of nitrogens with one attached hydrogen (secondary N) is 2. The van der Waals surface area contributed by atoms with E-state index in [1.807, 2.05) is 68.4 Å². The fourth-order valence-corrected chi connectivity index (χ4v) is 5.53. The van der Waals surface area contributed by atoms with Crippen LogP contribution in [0.2, 0.25) is 0 Å². The van der Waals surface area contributed by atoms with Crippen molar-refractivity contribution < 1.29 is 9.59 Å². The number of aromatic nitrogens is 1. The molecule has 32 heavy (non-hydrogen) atoms. The summed E-state index contributed by atoms with van der Waals surface area (Å²) in [6.45, 7) is 4.01. The normalized spacial score (nSPS) is 10.8. The van der Waals surface area contributed by atoms with Gasteiger partial charge in [-0.3, -0.25) is 9.59 Å². The highest BCUT2D eigenvalue weighted by Gasteiger charge is 2.12. The topological polar surface area (TPSA) is 71.1 Å². The standard InChI is InChI=1S/C24H20BrN3O2S2/c1-14-7-9-19(15(2)11-14)27-22(29)13-31-24-28-20-10-8-16(12-21(20)32-24)26-23(30)17-5-3-4-6-18(17)25/h3-12H,13H2,1-2H3,(H,26,30)(H,27,29). The van der Waals surface area contributed by atoms with E-state index in [2.05, 4.69) is 31.5 Å². The molecule has 0 aliphatic heterocycles. The molecule has 0 bridgehead atoms. The fourth-order valence-electron chi connectivity index (χ4n) is 3.15. The quantitative estimate of drug-likeness (QED) is 0.276. The van der Waals surface area contributed by atoms with Crippen LogP contribution in [0, 0.1) is 13.8 Å². The molecule has 2 amide bonds. The van der Waals surface area contributed by atoms with Gasteiger partial charge in [0, 0.05) is 15.8 Å². The number of hydrogen-bond donors (Lipinski definition) is 2. The molecule has 0 aliphatic rings. The SMILES string of the molecule is Cc1ccc(NC(=O)CSc2nc3ccc(NC(=O)c4ccccc4Br)cc3s2)c(C)c1. The highest BCUT2D eigenvalue weighted by atomic mass is 79.9. The van der Waals surface area contributed by atoms with Crippen LogP contribution in [-0.4, -0.2) is 22.6 Å². The molecular weight excluding hydrogens is 506 g/mol. The maximum absolute atomic E-state index is 12.5.